The highest BCUT2D eigenvalue weighted by Gasteiger charge is 2.32. The Bertz CT molecular complexity index is 267. The maximum absolute atomic E-state index is 12.1. The lowest BCUT2D eigenvalue weighted by Gasteiger charge is -2.36. The minimum Gasteiger partial charge on any atom is -0.389 e. The fourth-order valence-corrected chi connectivity index (χ4v) is 2.43. The van der Waals surface area contributed by atoms with Crippen molar-refractivity contribution in [3.63, 3.8) is 0 Å². The number of rotatable bonds is 7. The molecule has 0 saturated heterocycles. The highest BCUT2D eigenvalue weighted by molar-refractivity contribution is 5.76. The molecule has 4 nitrogen and oxygen atoms in total. The zero-order valence-electron chi connectivity index (χ0n) is 12.1. The van der Waals surface area contributed by atoms with Gasteiger partial charge in [-0.25, -0.2) is 0 Å². The smallest absolute Gasteiger partial charge is 0.222 e. The van der Waals surface area contributed by atoms with Gasteiger partial charge in [0.1, 0.15) is 0 Å². The highest BCUT2D eigenvalue weighted by Crippen LogP contribution is 2.33. The topological polar surface area (TPSA) is 49.8 Å². The van der Waals surface area contributed by atoms with Crippen LogP contribution in [0.4, 0.5) is 0 Å². The van der Waals surface area contributed by atoms with E-state index in [0.717, 1.165) is 19.4 Å². The van der Waals surface area contributed by atoms with E-state index in [4.69, 9.17) is 4.74 Å². The first-order valence-corrected chi connectivity index (χ1v) is 6.97. The molecule has 1 aliphatic carbocycles. The van der Waals surface area contributed by atoms with Crippen molar-refractivity contribution in [1.82, 2.24) is 4.90 Å². The maximum Gasteiger partial charge on any atom is 0.222 e. The van der Waals surface area contributed by atoms with Crippen LogP contribution in [0.15, 0.2) is 0 Å². The van der Waals surface area contributed by atoms with Gasteiger partial charge in [0.05, 0.1) is 11.7 Å². The molecule has 1 N–H and O–H groups in total. The van der Waals surface area contributed by atoms with Crippen molar-refractivity contribution in [3.8, 4) is 0 Å². The molecule has 0 bridgehead atoms. The van der Waals surface area contributed by atoms with Crippen LogP contribution in [0, 0.1) is 5.92 Å². The van der Waals surface area contributed by atoms with Crippen molar-refractivity contribution in [2.24, 2.45) is 5.92 Å². The molecule has 0 spiro atoms. The molecule has 4 heteroatoms. The van der Waals surface area contributed by atoms with E-state index >= 15 is 0 Å². The first-order chi connectivity index (χ1) is 8.35. The van der Waals surface area contributed by atoms with Crippen molar-refractivity contribution in [2.75, 3.05) is 19.7 Å². The number of aliphatic hydroxyl groups is 1. The summed E-state index contributed by atoms with van der Waals surface area (Å²) in [5.74, 6) is 0.615. The van der Waals surface area contributed by atoms with Gasteiger partial charge in [-0.3, -0.25) is 4.79 Å². The molecule has 1 rings (SSSR count). The van der Waals surface area contributed by atoms with E-state index in [-0.39, 0.29) is 5.91 Å². The minimum absolute atomic E-state index is 0.152. The molecule has 0 unspecified atom stereocenters. The van der Waals surface area contributed by atoms with Crippen LogP contribution in [-0.4, -0.2) is 47.3 Å². The Morgan fingerprint density at radius 1 is 1.39 bits per heavy atom. The summed E-state index contributed by atoms with van der Waals surface area (Å²) in [7, 11) is 0. The summed E-state index contributed by atoms with van der Waals surface area (Å²) in [5, 5.41) is 9.77. The summed E-state index contributed by atoms with van der Waals surface area (Å²) < 4.78 is 5.49. The number of carbonyl (C=O) groups is 1. The predicted molar refractivity (Wildman–Crippen MR) is 71.3 cm³/mol. The summed E-state index contributed by atoms with van der Waals surface area (Å²) in [4.78, 5) is 13.8. The van der Waals surface area contributed by atoms with E-state index in [9.17, 15) is 9.90 Å². The third-order valence-electron chi connectivity index (χ3n) is 3.37. The van der Waals surface area contributed by atoms with Crippen LogP contribution in [0.5, 0.6) is 0 Å². The van der Waals surface area contributed by atoms with Crippen LogP contribution in [0.2, 0.25) is 0 Å². The summed E-state index contributed by atoms with van der Waals surface area (Å²) in [6, 6.07) is 0. The van der Waals surface area contributed by atoms with E-state index < -0.39 is 5.60 Å². The van der Waals surface area contributed by atoms with E-state index in [0.29, 0.717) is 31.5 Å². The third-order valence-corrected chi connectivity index (χ3v) is 3.37. The lowest BCUT2D eigenvalue weighted by molar-refractivity contribution is -0.137. The van der Waals surface area contributed by atoms with Gasteiger partial charge < -0.3 is 14.7 Å². The Hall–Kier alpha value is -0.610. The first-order valence-electron chi connectivity index (χ1n) is 6.97. The van der Waals surface area contributed by atoms with Gasteiger partial charge in [0, 0.05) is 26.1 Å². The molecule has 106 valence electrons. The molecule has 0 aromatic heterocycles. The van der Waals surface area contributed by atoms with Gasteiger partial charge in [-0.05, 0) is 46.5 Å². The van der Waals surface area contributed by atoms with Crippen molar-refractivity contribution in [2.45, 2.75) is 58.7 Å². The van der Waals surface area contributed by atoms with E-state index in [1.807, 2.05) is 13.8 Å². The molecule has 0 heterocycles. The van der Waals surface area contributed by atoms with Gasteiger partial charge in [0.2, 0.25) is 5.91 Å². The number of likely N-dealkylation sites (N-methyl/N-ethyl adjacent to an activating group) is 1. The van der Waals surface area contributed by atoms with E-state index in [2.05, 4.69) is 0 Å². The van der Waals surface area contributed by atoms with Crippen LogP contribution < -0.4 is 0 Å². The fraction of sp³-hybridized carbons (Fsp3) is 0.929. The molecular weight excluding hydrogens is 230 g/mol. The van der Waals surface area contributed by atoms with Gasteiger partial charge in [-0.2, -0.15) is 0 Å². The molecule has 0 aromatic carbocycles. The van der Waals surface area contributed by atoms with Crippen molar-refractivity contribution in [3.05, 3.63) is 0 Å². The van der Waals surface area contributed by atoms with Gasteiger partial charge in [0.15, 0.2) is 0 Å². The van der Waals surface area contributed by atoms with Gasteiger partial charge in [0.25, 0.3) is 0 Å². The van der Waals surface area contributed by atoms with Crippen molar-refractivity contribution >= 4 is 5.91 Å². The quantitative estimate of drug-likeness (QED) is 0.756. The van der Waals surface area contributed by atoms with Crippen LogP contribution in [0.1, 0.15) is 47.0 Å². The van der Waals surface area contributed by atoms with Crippen LogP contribution in [0.25, 0.3) is 0 Å². The summed E-state index contributed by atoms with van der Waals surface area (Å²) in [6.45, 7) is 9.24. The Labute approximate surface area is 110 Å². The summed E-state index contributed by atoms with van der Waals surface area (Å²) in [6.07, 6.45) is 2.95. The Morgan fingerprint density at radius 3 is 2.44 bits per heavy atom. The number of amides is 1. The van der Waals surface area contributed by atoms with Crippen LogP contribution >= 0.6 is 0 Å². The monoisotopic (exact) mass is 257 g/mol. The molecule has 0 aromatic rings. The van der Waals surface area contributed by atoms with Crippen molar-refractivity contribution in [1.29, 1.82) is 0 Å². The lowest BCUT2D eigenvalue weighted by atomic mass is 9.79. The molecule has 0 aliphatic heterocycles. The number of hydrogen-bond acceptors (Lipinski definition) is 3. The van der Waals surface area contributed by atoms with E-state index in [1.54, 1.807) is 18.7 Å². The molecule has 0 atom stereocenters. The number of carbonyl (C=O) groups excluding carboxylic acids is 1. The fourth-order valence-electron chi connectivity index (χ4n) is 2.43. The zero-order valence-corrected chi connectivity index (χ0v) is 12.1. The Kier molecular flexibility index (Phi) is 5.60. The molecule has 1 saturated carbocycles. The average Bonchev–Trinajstić information content (AvgIpc) is 2.21. The molecule has 1 amide bonds. The van der Waals surface area contributed by atoms with Gasteiger partial charge >= 0.3 is 0 Å². The highest BCUT2D eigenvalue weighted by atomic mass is 16.5. The SMILES string of the molecule is CCOC1CC(CC(=O)N(CC)CC(C)(C)O)C1. The Morgan fingerprint density at radius 2 is 2.00 bits per heavy atom. The summed E-state index contributed by atoms with van der Waals surface area (Å²) >= 11 is 0. The average molecular weight is 257 g/mol. The molecule has 18 heavy (non-hydrogen) atoms. The second kappa shape index (κ2) is 6.53. The predicted octanol–water partition coefficient (Wildman–Crippen LogP) is 1.81. The Balaban J connectivity index is 2.31. The standard InChI is InChI=1S/C14H27NO3/c1-5-15(10-14(3,4)17)13(16)9-11-7-12(8-11)18-6-2/h11-12,17H,5-10H2,1-4H3. The van der Waals surface area contributed by atoms with Crippen LogP contribution in [-0.2, 0) is 9.53 Å². The summed E-state index contributed by atoms with van der Waals surface area (Å²) in [5.41, 5.74) is -0.820. The number of ether oxygens (including phenoxy) is 1. The molecule has 1 fully saturated rings. The third kappa shape index (κ3) is 4.94. The largest absolute Gasteiger partial charge is 0.389 e. The number of nitrogens with zero attached hydrogens (tertiary/aromatic N) is 1. The van der Waals surface area contributed by atoms with E-state index in [1.165, 1.54) is 0 Å². The van der Waals surface area contributed by atoms with Crippen molar-refractivity contribution < 1.29 is 14.6 Å². The van der Waals surface area contributed by atoms with Crippen LogP contribution in [0.3, 0.4) is 0 Å². The zero-order chi connectivity index (χ0) is 13.8. The normalized spacial score (nSPS) is 23.6. The number of hydrogen-bond donors (Lipinski definition) is 1. The van der Waals surface area contributed by atoms with Gasteiger partial charge in [-0.15, -0.1) is 0 Å². The second-order valence-electron chi connectivity index (χ2n) is 5.84. The first kappa shape index (κ1) is 15.4. The minimum atomic E-state index is -0.820. The van der Waals surface area contributed by atoms with Gasteiger partial charge in [-0.1, -0.05) is 0 Å². The maximum atomic E-state index is 12.1. The molecule has 1 aliphatic rings. The molecule has 0 radical (unpaired) electrons. The molecular formula is C14H27NO3. The second-order valence-corrected chi connectivity index (χ2v) is 5.84. The lowest BCUT2D eigenvalue weighted by Crippen LogP contribution is -2.44.